The second-order valence-corrected chi connectivity index (χ2v) is 8.43. The molecular weight excluding hydrogens is 425 g/mol. The molecule has 160 valence electrons. The second-order valence-electron chi connectivity index (χ2n) is 6.87. The lowest BCUT2D eigenvalue weighted by Crippen LogP contribution is -2.20. The fourth-order valence-corrected chi connectivity index (χ4v) is 3.68. The number of halogens is 1. The fraction of sp³-hybridized carbons (Fsp3) is 0.136. The molecule has 1 atom stereocenters. The summed E-state index contributed by atoms with van der Waals surface area (Å²) in [5.41, 5.74) is 1.80. The van der Waals surface area contributed by atoms with Crippen molar-refractivity contribution in [2.75, 3.05) is 0 Å². The van der Waals surface area contributed by atoms with Gasteiger partial charge in [0.2, 0.25) is 16.3 Å². The van der Waals surface area contributed by atoms with Gasteiger partial charge in [0.05, 0.1) is 17.1 Å². The zero-order valence-corrected chi connectivity index (χ0v) is 17.0. The summed E-state index contributed by atoms with van der Waals surface area (Å²) in [5, 5.41) is 5.05. The number of esters is 1. The van der Waals surface area contributed by atoms with E-state index >= 15 is 0 Å². The van der Waals surface area contributed by atoms with Crippen molar-refractivity contribution in [2.45, 2.75) is 24.4 Å². The molecule has 3 aromatic carbocycles. The van der Waals surface area contributed by atoms with E-state index < -0.39 is 28.1 Å². The lowest BCUT2D eigenvalue weighted by Gasteiger charge is -2.28. The van der Waals surface area contributed by atoms with Crippen LogP contribution in [0.3, 0.4) is 0 Å². The predicted molar refractivity (Wildman–Crippen MR) is 108 cm³/mol. The van der Waals surface area contributed by atoms with Crippen LogP contribution < -0.4 is 9.88 Å². The molecule has 0 aliphatic carbocycles. The maximum absolute atomic E-state index is 14.1. The Hall–Kier alpha value is -3.27. The van der Waals surface area contributed by atoms with Gasteiger partial charge in [-0.3, -0.25) is 0 Å². The van der Waals surface area contributed by atoms with Crippen LogP contribution in [0, 0.1) is 5.82 Å². The quantitative estimate of drug-likeness (QED) is 0.606. The Bertz CT molecular complexity index is 1210. The number of fused-ring (bicyclic) bond motifs is 1. The highest BCUT2D eigenvalue weighted by Crippen LogP contribution is 2.36. The van der Waals surface area contributed by atoms with Crippen LogP contribution in [0.25, 0.3) is 0 Å². The Labute approximate surface area is 178 Å². The summed E-state index contributed by atoms with van der Waals surface area (Å²) in [6.07, 6.45) is -0.667. The number of hydrogen-bond acceptors (Lipinski definition) is 6. The van der Waals surface area contributed by atoms with Gasteiger partial charge in [0.1, 0.15) is 18.2 Å². The van der Waals surface area contributed by atoms with E-state index in [9.17, 15) is 17.6 Å². The molecule has 2 N–H and O–H groups in total. The summed E-state index contributed by atoms with van der Waals surface area (Å²) in [6.45, 7) is -0.0972. The van der Waals surface area contributed by atoms with Gasteiger partial charge in [-0.1, -0.05) is 30.3 Å². The Morgan fingerprint density at radius 1 is 1.10 bits per heavy atom. The third-order valence-corrected chi connectivity index (χ3v) is 5.60. The zero-order chi connectivity index (χ0) is 22.0. The van der Waals surface area contributed by atoms with Crippen LogP contribution in [0.4, 0.5) is 4.39 Å². The number of hydrogen-bond donors (Lipinski definition) is 1. The first-order chi connectivity index (χ1) is 14.8. The van der Waals surface area contributed by atoms with Crippen molar-refractivity contribution in [1.29, 1.82) is 0 Å². The summed E-state index contributed by atoms with van der Waals surface area (Å²) in [4.78, 5) is 12.2. The lowest BCUT2D eigenvalue weighted by atomic mass is 10.1. The van der Waals surface area contributed by atoms with Gasteiger partial charge in [0.15, 0.2) is 0 Å². The van der Waals surface area contributed by atoms with Crippen LogP contribution in [-0.4, -0.2) is 14.4 Å². The summed E-state index contributed by atoms with van der Waals surface area (Å²) >= 11 is 0. The van der Waals surface area contributed by atoms with E-state index in [2.05, 4.69) is 0 Å². The average Bonchev–Trinajstić information content (AvgIpc) is 2.77. The minimum atomic E-state index is -3.87. The molecule has 1 unspecified atom stereocenters. The number of rotatable bonds is 5. The number of nitrogens with two attached hydrogens (primary N) is 1. The highest BCUT2D eigenvalue weighted by atomic mass is 32.2. The van der Waals surface area contributed by atoms with Crippen LogP contribution in [0.5, 0.6) is 5.75 Å². The van der Waals surface area contributed by atoms with Gasteiger partial charge in [0, 0.05) is 16.7 Å². The van der Waals surface area contributed by atoms with Crippen molar-refractivity contribution >= 4 is 16.0 Å². The third kappa shape index (κ3) is 4.74. The number of carbonyl (C=O) groups excluding carboxylic acids is 1. The maximum atomic E-state index is 14.1. The van der Waals surface area contributed by atoms with Crippen molar-refractivity contribution in [1.82, 2.24) is 0 Å². The highest BCUT2D eigenvalue weighted by molar-refractivity contribution is 7.89. The first kappa shape index (κ1) is 21.0. The third-order valence-electron chi connectivity index (χ3n) is 4.67. The molecule has 0 radical (unpaired) electrons. The van der Waals surface area contributed by atoms with E-state index in [0.29, 0.717) is 16.9 Å². The van der Waals surface area contributed by atoms with Crippen LogP contribution in [0.1, 0.15) is 33.3 Å². The smallest absolute Gasteiger partial charge is 0.338 e. The molecular formula is C22H18FNO6S. The van der Waals surface area contributed by atoms with Gasteiger partial charge >= 0.3 is 5.97 Å². The second kappa shape index (κ2) is 8.46. The molecule has 0 spiro atoms. The first-order valence-electron chi connectivity index (χ1n) is 9.26. The first-order valence-corrected chi connectivity index (χ1v) is 10.8. The molecule has 1 aliphatic heterocycles. The van der Waals surface area contributed by atoms with E-state index in [4.69, 9.17) is 19.3 Å². The SMILES string of the molecule is NS(=O)(=O)c1ccc(C(=O)OCc2cc(F)cc3c2OC(c2ccccc2)OC3)cc1. The molecule has 0 fully saturated rings. The Morgan fingerprint density at radius 3 is 2.48 bits per heavy atom. The van der Waals surface area contributed by atoms with Gasteiger partial charge in [-0.25, -0.2) is 22.7 Å². The molecule has 7 nitrogen and oxygen atoms in total. The van der Waals surface area contributed by atoms with Gasteiger partial charge in [-0.15, -0.1) is 0 Å². The maximum Gasteiger partial charge on any atom is 0.338 e. The molecule has 0 bridgehead atoms. The zero-order valence-electron chi connectivity index (χ0n) is 16.2. The predicted octanol–water partition coefficient (Wildman–Crippen LogP) is 3.44. The Morgan fingerprint density at radius 2 is 1.81 bits per heavy atom. The topological polar surface area (TPSA) is 105 Å². The molecule has 0 aromatic heterocycles. The highest BCUT2D eigenvalue weighted by Gasteiger charge is 2.25. The number of primary sulfonamides is 1. The number of sulfonamides is 1. The largest absolute Gasteiger partial charge is 0.460 e. The van der Waals surface area contributed by atoms with Crippen molar-refractivity contribution in [2.24, 2.45) is 5.14 Å². The fourth-order valence-electron chi connectivity index (χ4n) is 3.17. The molecule has 0 saturated heterocycles. The van der Waals surface area contributed by atoms with Crippen molar-refractivity contribution < 1.29 is 31.8 Å². The standard InChI is InChI=1S/C22H18FNO6S/c23-18-10-16(12-28-21(25)14-6-8-19(9-7-14)31(24,26)27)20-17(11-18)13-29-22(30-20)15-4-2-1-3-5-15/h1-11,22H,12-13H2,(H2,24,26,27). The average molecular weight is 443 g/mol. The minimum Gasteiger partial charge on any atom is -0.460 e. The van der Waals surface area contributed by atoms with Gasteiger partial charge in [0.25, 0.3) is 0 Å². The Balaban J connectivity index is 1.52. The number of benzene rings is 3. The number of carbonyl (C=O) groups is 1. The summed E-state index contributed by atoms with van der Waals surface area (Å²) in [5.74, 6) is -0.808. The molecule has 1 heterocycles. The van der Waals surface area contributed by atoms with Gasteiger partial charge < -0.3 is 14.2 Å². The Kier molecular flexibility index (Phi) is 5.73. The summed E-state index contributed by atoms with van der Waals surface area (Å²) in [6, 6.07) is 16.8. The monoisotopic (exact) mass is 443 g/mol. The van der Waals surface area contributed by atoms with E-state index in [1.165, 1.54) is 36.4 Å². The van der Waals surface area contributed by atoms with E-state index in [0.717, 1.165) is 5.56 Å². The van der Waals surface area contributed by atoms with Gasteiger partial charge in [-0.2, -0.15) is 0 Å². The normalized spacial score (nSPS) is 15.6. The van der Waals surface area contributed by atoms with E-state index in [1.54, 1.807) is 0 Å². The number of ether oxygens (including phenoxy) is 3. The molecule has 3 aromatic rings. The molecule has 0 amide bonds. The summed E-state index contributed by atoms with van der Waals surface area (Å²) in [7, 11) is -3.87. The molecule has 1 aliphatic rings. The minimum absolute atomic E-state index is 0.122. The molecule has 31 heavy (non-hydrogen) atoms. The van der Waals surface area contributed by atoms with Crippen LogP contribution in [-0.2, 0) is 32.7 Å². The van der Waals surface area contributed by atoms with Crippen LogP contribution >= 0.6 is 0 Å². The molecule has 9 heteroatoms. The molecule has 4 rings (SSSR count). The lowest BCUT2D eigenvalue weighted by molar-refractivity contribution is -0.112. The van der Waals surface area contributed by atoms with Crippen molar-refractivity contribution in [3.8, 4) is 5.75 Å². The van der Waals surface area contributed by atoms with E-state index in [-0.39, 0.29) is 23.7 Å². The molecule has 0 saturated carbocycles. The summed E-state index contributed by atoms with van der Waals surface area (Å²) < 4.78 is 53.6. The van der Waals surface area contributed by atoms with Gasteiger partial charge in [-0.05, 0) is 36.4 Å². The van der Waals surface area contributed by atoms with Crippen LogP contribution in [0.15, 0.2) is 71.6 Å². The van der Waals surface area contributed by atoms with Crippen molar-refractivity contribution in [3.05, 3.63) is 94.8 Å². The van der Waals surface area contributed by atoms with Crippen molar-refractivity contribution in [3.63, 3.8) is 0 Å². The van der Waals surface area contributed by atoms with E-state index in [1.807, 2.05) is 30.3 Å². The van der Waals surface area contributed by atoms with Crippen LogP contribution in [0.2, 0.25) is 0 Å².